The van der Waals surface area contributed by atoms with Crippen molar-refractivity contribution in [1.82, 2.24) is 9.21 Å². The van der Waals surface area contributed by atoms with Crippen LogP contribution in [0.3, 0.4) is 0 Å². The fraction of sp³-hybridized carbons (Fsp3) is 0.417. The Morgan fingerprint density at radius 2 is 1.85 bits per heavy atom. The molecule has 1 aromatic rings. The second-order valence-electron chi connectivity index (χ2n) is 4.69. The van der Waals surface area contributed by atoms with Crippen molar-refractivity contribution in [2.45, 2.75) is 0 Å². The van der Waals surface area contributed by atoms with Gasteiger partial charge >= 0.3 is 0 Å². The van der Waals surface area contributed by atoms with Gasteiger partial charge in [0.05, 0.1) is 11.8 Å². The van der Waals surface area contributed by atoms with Gasteiger partial charge in [0.25, 0.3) is 5.91 Å². The second-order valence-corrected chi connectivity index (χ2v) is 7.58. The predicted octanol–water partition coefficient (Wildman–Crippen LogP) is 0.749. The fourth-order valence-corrected chi connectivity index (χ4v) is 3.29. The number of benzene rings is 1. The molecule has 1 aliphatic rings. The lowest BCUT2D eigenvalue weighted by Gasteiger charge is -2.33. The summed E-state index contributed by atoms with van der Waals surface area (Å²) in [5.41, 5.74) is 6.68. The number of hydrogen-bond acceptors (Lipinski definition) is 4. The van der Waals surface area contributed by atoms with Gasteiger partial charge in [-0.2, -0.15) is 4.31 Å². The van der Waals surface area contributed by atoms with Gasteiger partial charge in [-0.15, -0.1) is 0 Å². The van der Waals surface area contributed by atoms with Gasteiger partial charge in [0.2, 0.25) is 10.0 Å². The van der Waals surface area contributed by atoms with Crippen LogP contribution in [-0.4, -0.2) is 56.0 Å². The van der Waals surface area contributed by atoms with E-state index in [-0.39, 0.29) is 5.91 Å². The Kier molecular flexibility index (Phi) is 4.36. The molecule has 1 aliphatic heterocycles. The van der Waals surface area contributed by atoms with Crippen LogP contribution in [0.25, 0.3) is 0 Å². The maximum absolute atomic E-state index is 12.4. The molecular weight excluding hydrogens is 346 g/mol. The Morgan fingerprint density at radius 1 is 1.25 bits per heavy atom. The summed E-state index contributed by atoms with van der Waals surface area (Å²) in [5.74, 6) is -0.169. The monoisotopic (exact) mass is 361 g/mol. The van der Waals surface area contributed by atoms with E-state index in [1.54, 1.807) is 23.1 Å². The summed E-state index contributed by atoms with van der Waals surface area (Å²) in [5, 5.41) is 0. The minimum Gasteiger partial charge on any atom is -0.398 e. The molecule has 0 radical (unpaired) electrons. The molecule has 1 amide bonds. The zero-order chi connectivity index (χ0) is 14.9. The quantitative estimate of drug-likeness (QED) is 0.787. The molecule has 0 atom stereocenters. The highest BCUT2D eigenvalue weighted by atomic mass is 79.9. The zero-order valence-corrected chi connectivity index (χ0v) is 13.4. The summed E-state index contributed by atoms with van der Waals surface area (Å²) in [6.07, 6.45) is 1.18. The van der Waals surface area contributed by atoms with Crippen LogP contribution >= 0.6 is 15.9 Å². The van der Waals surface area contributed by atoms with Gasteiger partial charge < -0.3 is 10.6 Å². The van der Waals surface area contributed by atoms with E-state index in [0.29, 0.717) is 37.4 Å². The van der Waals surface area contributed by atoms with Gasteiger partial charge in [-0.3, -0.25) is 4.79 Å². The molecule has 0 bridgehead atoms. The summed E-state index contributed by atoms with van der Waals surface area (Å²) in [6.45, 7) is 1.38. The number of hydrogen-bond donors (Lipinski definition) is 1. The fourth-order valence-electron chi connectivity index (χ4n) is 2.11. The van der Waals surface area contributed by atoms with Gasteiger partial charge in [-0.25, -0.2) is 8.42 Å². The van der Waals surface area contributed by atoms with E-state index in [9.17, 15) is 13.2 Å². The Bertz CT molecular complexity index is 625. The molecule has 8 heteroatoms. The molecular formula is C12H16BrN3O3S. The minimum atomic E-state index is -3.19. The molecule has 0 unspecified atom stereocenters. The Balaban J connectivity index is 2.11. The molecule has 0 spiro atoms. The minimum absolute atomic E-state index is 0.169. The predicted molar refractivity (Wildman–Crippen MR) is 80.9 cm³/mol. The average molecular weight is 362 g/mol. The summed E-state index contributed by atoms with van der Waals surface area (Å²) in [7, 11) is -3.19. The van der Waals surface area contributed by atoms with Crippen LogP contribution in [0.2, 0.25) is 0 Å². The summed E-state index contributed by atoms with van der Waals surface area (Å²) >= 11 is 3.31. The lowest BCUT2D eigenvalue weighted by atomic mass is 10.1. The van der Waals surface area contributed by atoms with E-state index in [1.165, 1.54) is 10.6 Å². The van der Waals surface area contributed by atoms with Crippen LogP contribution in [0.5, 0.6) is 0 Å². The molecule has 1 aromatic carbocycles. The normalized spacial score (nSPS) is 17.2. The van der Waals surface area contributed by atoms with Crippen molar-refractivity contribution < 1.29 is 13.2 Å². The average Bonchev–Trinajstić information content (AvgIpc) is 2.40. The van der Waals surface area contributed by atoms with E-state index in [1.807, 2.05) is 0 Å². The Hall–Kier alpha value is -1.12. The largest absolute Gasteiger partial charge is 0.398 e. The molecule has 0 saturated carbocycles. The zero-order valence-electron chi connectivity index (χ0n) is 11.0. The number of halogens is 1. The number of rotatable bonds is 2. The van der Waals surface area contributed by atoms with Gasteiger partial charge in [0.15, 0.2) is 0 Å². The molecule has 110 valence electrons. The van der Waals surface area contributed by atoms with E-state index in [0.717, 1.165) is 4.47 Å². The van der Waals surface area contributed by atoms with Crippen LogP contribution in [0.1, 0.15) is 10.4 Å². The first-order chi connectivity index (χ1) is 9.29. The third kappa shape index (κ3) is 3.31. The van der Waals surface area contributed by atoms with E-state index in [4.69, 9.17) is 5.73 Å². The van der Waals surface area contributed by atoms with E-state index < -0.39 is 10.0 Å². The number of piperazine rings is 1. The number of carbonyl (C=O) groups is 1. The molecule has 1 heterocycles. The van der Waals surface area contributed by atoms with Crippen molar-refractivity contribution in [2.75, 3.05) is 38.2 Å². The van der Waals surface area contributed by atoms with Crippen molar-refractivity contribution in [3.63, 3.8) is 0 Å². The number of amides is 1. The van der Waals surface area contributed by atoms with Crippen molar-refractivity contribution in [2.24, 2.45) is 0 Å². The first-order valence-corrected chi connectivity index (χ1v) is 8.72. The van der Waals surface area contributed by atoms with Gasteiger partial charge in [-0.1, -0.05) is 15.9 Å². The van der Waals surface area contributed by atoms with E-state index >= 15 is 0 Å². The highest BCUT2D eigenvalue weighted by Crippen LogP contribution is 2.21. The van der Waals surface area contributed by atoms with Gasteiger partial charge in [0, 0.05) is 36.3 Å². The highest BCUT2D eigenvalue weighted by molar-refractivity contribution is 9.10. The standard InChI is InChI=1S/C12H16BrN3O3S/c1-20(18,19)16-6-4-15(5-7-16)12(17)10-8-9(13)2-3-11(10)14/h2-3,8H,4-7,14H2,1H3. The number of anilines is 1. The second kappa shape index (κ2) is 5.71. The number of nitrogens with two attached hydrogens (primary N) is 1. The van der Waals surface area contributed by atoms with Crippen LogP contribution in [-0.2, 0) is 10.0 Å². The van der Waals surface area contributed by atoms with Crippen molar-refractivity contribution in [3.8, 4) is 0 Å². The third-order valence-corrected chi connectivity index (χ3v) is 5.04. The lowest BCUT2D eigenvalue weighted by molar-refractivity contribution is 0.0699. The number of carbonyl (C=O) groups excluding carboxylic acids is 1. The number of sulfonamides is 1. The lowest BCUT2D eigenvalue weighted by Crippen LogP contribution is -2.50. The molecule has 2 N–H and O–H groups in total. The molecule has 0 aliphatic carbocycles. The molecule has 1 saturated heterocycles. The van der Waals surface area contributed by atoms with Crippen molar-refractivity contribution in [3.05, 3.63) is 28.2 Å². The van der Waals surface area contributed by atoms with Crippen molar-refractivity contribution >= 4 is 37.5 Å². The Morgan fingerprint density at radius 3 is 2.40 bits per heavy atom. The Labute approximate surface area is 126 Å². The molecule has 1 fully saturated rings. The van der Waals surface area contributed by atoms with Crippen LogP contribution in [0.15, 0.2) is 22.7 Å². The smallest absolute Gasteiger partial charge is 0.256 e. The van der Waals surface area contributed by atoms with Crippen molar-refractivity contribution in [1.29, 1.82) is 0 Å². The van der Waals surface area contributed by atoms with Gasteiger partial charge in [0.1, 0.15) is 0 Å². The maximum atomic E-state index is 12.4. The third-order valence-electron chi connectivity index (χ3n) is 3.24. The van der Waals surface area contributed by atoms with Crippen LogP contribution < -0.4 is 5.73 Å². The number of nitrogen functional groups attached to an aromatic ring is 1. The highest BCUT2D eigenvalue weighted by Gasteiger charge is 2.27. The molecule has 2 rings (SSSR count). The SMILES string of the molecule is CS(=O)(=O)N1CCN(C(=O)c2cc(Br)ccc2N)CC1. The van der Waals surface area contributed by atoms with Crippen LogP contribution in [0.4, 0.5) is 5.69 Å². The van der Waals surface area contributed by atoms with Crippen LogP contribution in [0, 0.1) is 0 Å². The van der Waals surface area contributed by atoms with E-state index in [2.05, 4.69) is 15.9 Å². The summed E-state index contributed by atoms with van der Waals surface area (Å²) in [4.78, 5) is 14.0. The molecule has 0 aromatic heterocycles. The summed E-state index contributed by atoms with van der Waals surface area (Å²) < 4.78 is 25.0. The van der Waals surface area contributed by atoms with Gasteiger partial charge in [-0.05, 0) is 18.2 Å². The first-order valence-electron chi connectivity index (χ1n) is 6.08. The molecule has 6 nitrogen and oxygen atoms in total. The summed E-state index contributed by atoms with van der Waals surface area (Å²) in [6, 6.07) is 5.12. The maximum Gasteiger partial charge on any atom is 0.256 e. The first kappa shape index (κ1) is 15.3. The topological polar surface area (TPSA) is 83.7 Å². The number of nitrogens with zero attached hydrogens (tertiary/aromatic N) is 2. The molecule has 20 heavy (non-hydrogen) atoms.